The van der Waals surface area contributed by atoms with Crippen LogP contribution in [-0.4, -0.2) is 29.9 Å². The fourth-order valence-electron chi connectivity index (χ4n) is 5.88. The fourth-order valence-corrected chi connectivity index (χ4v) is 6.49. The van der Waals surface area contributed by atoms with Crippen molar-refractivity contribution in [2.75, 3.05) is 19.6 Å². The third-order valence-electron chi connectivity index (χ3n) is 7.73. The van der Waals surface area contributed by atoms with Crippen LogP contribution in [0.2, 0.25) is 0 Å². The van der Waals surface area contributed by atoms with Gasteiger partial charge in [-0.1, -0.05) is 137 Å². The first-order valence-corrected chi connectivity index (χ1v) is 13.8. The number of quaternary nitrogens is 1. The zero-order chi connectivity index (χ0) is 24.8. The molecule has 0 radical (unpaired) electrons. The maximum absolute atomic E-state index is 12.4. The highest BCUT2D eigenvalue weighted by atomic mass is 79.9. The van der Waals surface area contributed by atoms with Gasteiger partial charge in [-0.15, -0.1) is 0 Å². The van der Waals surface area contributed by atoms with Crippen LogP contribution in [0, 0.1) is 5.92 Å². The second-order valence-electron chi connectivity index (χ2n) is 9.97. The SMILES string of the molecule is BrC(c1ccccc1)c1ccccc1.O=C1C[N+]2(C(c3ccccc3)c3ccccc3)CCC1CC2.[Br-]. The summed E-state index contributed by atoms with van der Waals surface area (Å²) >= 11 is 3.69. The van der Waals surface area contributed by atoms with Crippen molar-refractivity contribution >= 4 is 21.7 Å². The minimum atomic E-state index is 0. The summed E-state index contributed by atoms with van der Waals surface area (Å²) in [6.07, 6.45) is 2.13. The summed E-state index contributed by atoms with van der Waals surface area (Å²) in [7, 11) is 0. The van der Waals surface area contributed by atoms with E-state index in [1.54, 1.807) is 0 Å². The predicted octanol–water partition coefficient (Wildman–Crippen LogP) is 4.76. The summed E-state index contributed by atoms with van der Waals surface area (Å²) in [6.45, 7) is 2.97. The van der Waals surface area contributed by atoms with Crippen LogP contribution in [0.3, 0.4) is 0 Å². The number of carbonyl (C=O) groups is 1. The second-order valence-corrected chi connectivity index (χ2v) is 10.9. The molecule has 3 fully saturated rings. The summed E-state index contributed by atoms with van der Waals surface area (Å²) in [5.41, 5.74) is 5.25. The van der Waals surface area contributed by atoms with Gasteiger partial charge in [0.2, 0.25) is 0 Å². The molecule has 2 bridgehead atoms. The molecular weight excluding hydrogens is 586 g/mol. The molecule has 0 spiro atoms. The van der Waals surface area contributed by atoms with Gasteiger partial charge in [0.05, 0.1) is 17.9 Å². The number of piperidine rings is 3. The smallest absolute Gasteiger partial charge is 0.190 e. The van der Waals surface area contributed by atoms with E-state index in [1.807, 2.05) is 12.1 Å². The number of rotatable bonds is 5. The lowest BCUT2D eigenvalue weighted by Gasteiger charge is -2.52. The van der Waals surface area contributed by atoms with E-state index < -0.39 is 0 Å². The number of ketones is 1. The monoisotopic (exact) mass is 617 g/mol. The Bertz CT molecular complexity index is 1160. The lowest BCUT2D eigenvalue weighted by atomic mass is 9.80. The molecule has 0 aromatic heterocycles. The molecule has 7 rings (SSSR count). The molecule has 0 atom stereocenters. The van der Waals surface area contributed by atoms with Crippen LogP contribution in [0.4, 0.5) is 0 Å². The van der Waals surface area contributed by atoms with E-state index in [1.165, 1.54) is 22.3 Å². The van der Waals surface area contributed by atoms with E-state index >= 15 is 0 Å². The fraction of sp³-hybridized carbons (Fsp3) is 0.242. The summed E-state index contributed by atoms with van der Waals surface area (Å²) < 4.78 is 0.920. The normalized spacial score (nSPS) is 20.2. The Kier molecular flexibility index (Phi) is 9.53. The van der Waals surface area contributed by atoms with Crippen molar-refractivity contribution in [3.8, 4) is 0 Å². The highest BCUT2D eigenvalue weighted by Gasteiger charge is 2.50. The number of Topliss-reactive ketones (excluding diaryl/α,β-unsaturated/α-hetero) is 1. The van der Waals surface area contributed by atoms with Gasteiger partial charge in [0, 0.05) is 29.9 Å². The summed E-state index contributed by atoms with van der Waals surface area (Å²) in [5.74, 6) is 0.821. The molecule has 0 unspecified atom stereocenters. The summed E-state index contributed by atoms with van der Waals surface area (Å²) in [6, 6.07) is 42.6. The Labute approximate surface area is 239 Å². The molecule has 37 heavy (non-hydrogen) atoms. The van der Waals surface area contributed by atoms with Crippen molar-refractivity contribution in [3.05, 3.63) is 144 Å². The number of fused-ring (bicyclic) bond motifs is 3. The summed E-state index contributed by atoms with van der Waals surface area (Å²) in [5, 5.41) is 0. The third-order valence-corrected chi connectivity index (χ3v) is 8.79. The Balaban J connectivity index is 0.000000186. The number of alkyl halides is 1. The van der Waals surface area contributed by atoms with Crippen LogP contribution in [-0.2, 0) is 4.79 Å². The number of benzene rings is 4. The molecule has 4 aromatic rings. The molecule has 3 heterocycles. The maximum Gasteiger partial charge on any atom is 0.190 e. The molecule has 2 nitrogen and oxygen atoms in total. The minimum absolute atomic E-state index is 0. The number of hydrogen-bond donors (Lipinski definition) is 0. The minimum Gasteiger partial charge on any atom is -1.00 e. The van der Waals surface area contributed by atoms with E-state index in [4.69, 9.17) is 0 Å². The molecule has 3 saturated heterocycles. The quantitative estimate of drug-likeness (QED) is 0.233. The molecule has 0 N–H and O–H groups in total. The number of halogens is 2. The van der Waals surface area contributed by atoms with Gasteiger partial charge in [-0.3, -0.25) is 4.79 Å². The summed E-state index contributed by atoms with van der Waals surface area (Å²) in [4.78, 5) is 12.7. The lowest BCUT2D eigenvalue weighted by molar-refractivity contribution is -0.954. The highest BCUT2D eigenvalue weighted by Crippen LogP contribution is 2.43. The van der Waals surface area contributed by atoms with E-state index in [0.717, 1.165) is 30.4 Å². The van der Waals surface area contributed by atoms with Crippen LogP contribution >= 0.6 is 15.9 Å². The predicted molar refractivity (Wildman–Crippen MR) is 151 cm³/mol. The van der Waals surface area contributed by atoms with E-state index in [9.17, 15) is 4.79 Å². The second kappa shape index (κ2) is 12.8. The van der Waals surface area contributed by atoms with Gasteiger partial charge in [0.25, 0.3) is 0 Å². The first-order valence-electron chi connectivity index (χ1n) is 12.9. The van der Waals surface area contributed by atoms with Gasteiger partial charge < -0.3 is 21.5 Å². The Morgan fingerprint density at radius 3 is 1.30 bits per heavy atom. The van der Waals surface area contributed by atoms with Crippen LogP contribution in [0.1, 0.15) is 46.0 Å². The lowest BCUT2D eigenvalue weighted by Crippen LogP contribution is -3.00. The van der Waals surface area contributed by atoms with Crippen LogP contribution in [0.5, 0.6) is 0 Å². The molecule has 4 aromatic carbocycles. The van der Waals surface area contributed by atoms with E-state index in [-0.39, 0.29) is 23.0 Å². The largest absolute Gasteiger partial charge is 1.00 e. The van der Waals surface area contributed by atoms with Crippen molar-refractivity contribution < 1.29 is 26.3 Å². The number of hydrogen-bond acceptors (Lipinski definition) is 1. The molecular formula is C33H33Br2NO. The Morgan fingerprint density at radius 1 is 0.595 bits per heavy atom. The van der Waals surface area contributed by atoms with Crippen LogP contribution < -0.4 is 17.0 Å². The van der Waals surface area contributed by atoms with Crippen LogP contribution in [0.15, 0.2) is 121 Å². The first-order chi connectivity index (χ1) is 17.7. The van der Waals surface area contributed by atoms with Crippen molar-refractivity contribution in [3.63, 3.8) is 0 Å². The Hall–Kier alpha value is -2.53. The van der Waals surface area contributed by atoms with E-state index in [0.29, 0.717) is 23.1 Å². The van der Waals surface area contributed by atoms with Crippen LogP contribution in [0.25, 0.3) is 0 Å². The van der Waals surface area contributed by atoms with Gasteiger partial charge in [0.15, 0.2) is 5.78 Å². The topological polar surface area (TPSA) is 17.1 Å². The van der Waals surface area contributed by atoms with Gasteiger partial charge in [0.1, 0.15) is 12.6 Å². The van der Waals surface area contributed by atoms with Gasteiger partial charge in [-0.05, 0) is 11.1 Å². The molecule has 3 aliphatic rings. The Morgan fingerprint density at radius 2 is 0.946 bits per heavy atom. The van der Waals surface area contributed by atoms with Crippen molar-refractivity contribution in [2.24, 2.45) is 5.92 Å². The molecule has 0 aliphatic carbocycles. The molecule has 190 valence electrons. The van der Waals surface area contributed by atoms with Gasteiger partial charge >= 0.3 is 0 Å². The van der Waals surface area contributed by atoms with Gasteiger partial charge in [-0.2, -0.15) is 0 Å². The standard InChI is InChI=1S/C20H22NO.C13H11Br.BrH/c22-19-15-21(13-11-16(19)12-14-21)20(17-7-3-1-4-8-17)18-9-5-2-6-10-18;14-13(11-7-3-1-4-8-11)12-9-5-2-6-10-12;/h1-10,16,20H,11-15H2;1-10,13H;1H/q+1;;/p-1. The maximum atomic E-state index is 12.4. The van der Waals surface area contributed by atoms with E-state index in [2.05, 4.69) is 125 Å². The van der Waals surface area contributed by atoms with Crippen molar-refractivity contribution in [2.45, 2.75) is 23.7 Å². The zero-order valence-corrected chi connectivity index (χ0v) is 24.1. The molecule has 3 aliphatic heterocycles. The van der Waals surface area contributed by atoms with Crippen molar-refractivity contribution in [1.29, 1.82) is 0 Å². The highest BCUT2D eigenvalue weighted by molar-refractivity contribution is 9.09. The average Bonchev–Trinajstić information content (AvgIpc) is 2.96. The molecule has 0 saturated carbocycles. The van der Waals surface area contributed by atoms with Gasteiger partial charge in [-0.25, -0.2) is 0 Å². The molecule has 4 heteroatoms. The number of nitrogens with zero attached hydrogens (tertiary/aromatic N) is 1. The zero-order valence-electron chi connectivity index (χ0n) is 20.9. The van der Waals surface area contributed by atoms with Crippen molar-refractivity contribution in [1.82, 2.24) is 0 Å². The average molecular weight is 619 g/mol. The molecule has 0 amide bonds. The third kappa shape index (κ3) is 6.31. The number of carbonyl (C=O) groups excluding carboxylic acids is 1. The first kappa shape index (κ1) is 27.5.